The van der Waals surface area contributed by atoms with Gasteiger partial charge in [0, 0.05) is 11.4 Å². The highest BCUT2D eigenvalue weighted by Crippen LogP contribution is 2.35. The van der Waals surface area contributed by atoms with Crippen molar-refractivity contribution in [2.24, 2.45) is 16.0 Å². The first-order valence-corrected chi connectivity index (χ1v) is 10.3. The molecule has 1 aliphatic heterocycles. The molecule has 162 valence electrons. The minimum absolute atomic E-state index is 0.443. The number of azo groups is 1. The van der Waals surface area contributed by atoms with Crippen LogP contribution in [0, 0.1) is 0 Å². The van der Waals surface area contributed by atoms with Crippen LogP contribution in [0.25, 0.3) is 0 Å². The number of ether oxygens (including phenoxy) is 2. The molecule has 9 nitrogen and oxygen atoms in total. The number of hydrogen-bond acceptors (Lipinski definition) is 10. The Morgan fingerprint density at radius 2 is 1.70 bits per heavy atom. The number of thioether (sulfide) groups is 1. The predicted octanol–water partition coefficient (Wildman–Crippen LogP) is 1.33. The Kier molecular flexibility index (Phi) is 8.16. The molecule has 10 heteroatoms. The van der Waals surface area contributed by atoms with Crippen LogP contribution in [-0.2, 0) is 4.74 Å². The highest BCUT2D eigenvalue weighted by atomic mass is 32.2. The van der Waals surface area contributed by atoms with Gasteiger partial charge in [0.05, 0.1) is 18.0 Å². The van der Waals surface area contributed by atoms with Gasteiger partial charge >= 0.3 is 0 Å². The minimum Gasteiger partial charge on any atom is -0.492 e. The third-order valence-electron chi connectivity index (χ3n) is 4.42. The second-order valence-corrected chi connectivity index (χ2v) is 7.82. The molecule has 0 radical (unpaired) electrons. The minimum atomic E-state index is -1.41. The molecule has 3 rings (SSSR count). The van der Waals surface area contributed by atoms with E-state index in [1.165, 1.54) is 0 Å². The van der Waals surface area contributed by atoms with Crippen molar-refractivity contribution < 1.29 is 29.9 Å². The lowest BCUT2D eigenvalue weighted by atomic mass is 10.0. The maximum Gasteiger partial charge on any atom is 0.136 e. The van der Waals surface area contributed by atoms with E-state index in [1.54, 1.807) is 48.5 Å². The lowest BCUT2D eigenvalue weighted by molar-refractivity contribution is -0.205. The molecular weight excluding hydrogens is 410 g/mol. The van der Waals surface area contributed by atoms with Crippen LogP contribution in [0.2, 0.25) is 0 Å². The molecule has 0 saturated carbocycles. The third kappa shape index (κ3) is 5.76. The fraction of sp³-hybridized carbons (Fsp3) is 0.400. The fourth-order valence-electron chi connectivity index (χ4n) is 2.82. The Hall–Kier alpha value is -2.05. The highest BCUT2D eigenvalue weighted by molar-refractivity contribution is 7.99. The van der Waals surface area contributed by atoms with Crippen LogP contribution in [0.1, 0.15) is 0 Å². The van der Waals surface area contributed by atoms with E-state index in [4.69, 9.17) is 15.2 Å². The molecule has 1 aliphatic rings. The SMILES string of the molecule is NCCOc1ccc(N=Nc2cccc(S[C@@H]3O[C@H](CO)[C@H](O)[C@H](O)[C@H]3O)c2)cc1. The first-order chi connectivity index (χ1) is 14.5. The molecule has 0 unspecified atom stereocenters. The molecule has 1 heterocycles. The topological polar surface area (TPSA) is 150 Å². The van der Waals surface area contributed by atoms with Gasteiger partial charge in [-0.15, -0.1) is 0 Å². The van der Waals surface area contributed by atoms with Crippen molar-refractivity contribution in [2.45, 2.75) is 34.7 Å². The van der Waals surface area contributed by atoms with Gasteiger partial charge in [0.25, 0.3) is 0 Å². The van der Waals surface area contributed by atoms with E-state index in [9.17, 15) is 20.4 Å². The molecule has 2 aromatic rings. The molecule has 5 atom stereocenters. The normalized spacial score (nSPS) is 26.8. The van der Waals surface area contributed by atoms with E-state index in [1.807, 2.05) is 0 Å². The van der Waals surface area contributed by atoms with Gasteiger partial charge < -0.3 is 35.6 Å². The smallest absolute Gasteiger partial charge is 0.136 e. The number of nitrogens with two attached hydrogens (primary N) is 1. The first kappa shape index (κ1) is 22.6. The van der Waals surface area contributed by atoms with Crippen LogP contribution in [0.3, 0.4) is 0 Å². The predicted molar refractivity (Wildman–Crippen MR) is 111 cm³/mol. The van der Waals surface area contributed by atoms with Crippen LogP contribution in [0.15, 0.2) is 63.7 Å². The van der Waals surface area contributed by atoms with Gasteiger partial charge in [-0.1, -0.05) is 17.8 Å². The summed E-state index contributed by atoms with van der Waals surface area (Å²) in [6.07, 6.45) is -5.04. The molecule has 0 aromatic heterocycles. The largest absolute Gasteiger partial charge is 0.492 e. The molecule has 0 amide bonds. The van der Waals surface area contributed by atoms with Gasteiger partial charge in [-0.25, -0.2) is 0 Å². The maximum absolute atomic E-state index is 10.2. The monoisotopic (exact) mass is 435 g/mol. The van der Waals surface area contributed by atoms with Crippen molar-refractivity contribution in [1.29, 1.82) is 0 Å². The van der Waals surface area contributed by atoms with Crippen LogP contribution in [0.5, 0.6) is 5.75 Å². The summed E-state index contributed by atoms with van der Waals surface area (Å²) in [5.41, 5.74) is 5.80. The second-order valence-electron chi connectivity index (χ2n) is 6.64. The fourth-order valence-corrected chi connectivity index (χ4v) is 3.93. The highest BCUT2D eigenvalue weighted by Gasteiger charge is 2.43. The maximum atomic E-state index is 10.2. The van der Waals surface area contributed by atoms with E-state index in [2.05, 4.69) is 10.2 Å². The summed E-state index contributed by atoms with van der Waals surface area (Å²) in [5.74, 6) is 0.706. The van der Waals surface area contributed by atoms with E-state index >= 15 is 0 Å². The quantitative estimate of drug-likeness (QED) is 0.390. The van der Waals surface area contributed by atoms with Crippen LogP contribution < -0.4 is 10.5 Å². The van der Waals surface area contributed by atoms with E-state index < -0.39 is 36.5 Å². The number of hydrogen-bond donors (Lipinski definition) is 5. The third-order valence-corrected chi connectivity index (χ3v) is 5.57. The van der Waals surface area contributed by atoms with Crippen LogP contribution >= 0.6 is 11.8 Å². The molecule has 1 fully saturated rings. The molecule has 0 aliphatic carbocycles. The molecule has 30 heavy (non-hydrogen) atoms. The second kappa shape index (κ2) is 10.8. The summed E-state index contributed by atoms with van der Waals surface area (Å²) in [6, 6.07) is 14.3. The first-order valence-electron chi connectivity index (χ1n) is 9.43. The standard InChI is InChI=1S/C20H25N3O6S/c21-8-9-28-14-6-4-12(5-7-14)22-23-13-2-1-3-15(10-13)30-20-19(27)18(26)17(25)16(11-24)29-20/h1-7,10,16-20,24-27H,8-9,11,21H2/t16-,17+,18+,19-,20+/m1/s1. The van der Waals surface area contributed by atoms with Crippen molar-refractivity contribution in [2.75, 3.05) is 19.8 Å². The molecular formula is C20H25N3O6S. The van der Waals surface area contributed by atoms with Gasteiger partial charge in [0.2, 0.25) is 0 Å². The van der Waals surface area contributed by atoms with E-state index in [-0.39, 0.29) is 0 Å². The van der Waals surface area contributed by atoms with E-state index in [0.717, 1.165) is 16.7 Å². The summed E-state index contributed by atoms with van der Waals surface area (Å²) < 4.78 is 10.9. The average molecular weight is 436 g/mol. The zero-order valence-electron chi connectivity index (χ0n) is 16.1. The van der Waals surface area contributed by atoms with Crippen molar-refractivity contribution >= 4 is 23.1 Å². The van der Waals surface area contributed by atoms with Gasteiger partial charge in [-0.3, -0.25) is 0 Å². The molecule has 2 aromatic carbocycles. The Morgan fingerprint density at radius 3 is 2.40 bits per heavy atom. The van der Waals surface area contributed by atoms with Crippen molar-refractivity contribution in [3.8, 4) is 5.75 Å². The Morgan fingerprint density at radius 1 is 0.967 bits per heavy atom. The number of aliphatic hydroxyl groups is 4. The summed E-state index contributed by atoms with van der Waals surface area (Å²) >= 11 is 1.16. The molecule has 0 spiro atoms. The van der Waals surface area contributed by atoms with E-state index in [0.29, 0.717) is 30.3 Å². The average Bonchev–Trinajstić information content (AvgIpc) is 2.77. The molecule has 0 bridgehead atoms. The van der Waals surface area contributed by atoms with Crippen molar-refractivity contribution in [1.82, 2.24) is 0 Å². The van der Waals surface area contributed by atoms with Gasteiger partial charge in [0.15, 0.2) is 0 Å². The number of benzene rings is 2. The molecule has 1 saturated heterocycles. The number of rotatable bonds is 8. The number of aliphatic hydroxyl groups excluding tert-OH is 4. The van der Waals surface area contributed by atoms with Gasteiger partial charge in [0.1, 0.15) is 42.2 Å². The van der Waals surface area contributed by atoms with Crippen LogP contribution in [0.4, 0.5) is 11.4 Å². The summed E-state index contributed by atoms with van der Waals surface area (Å²) in [6.45, 7) is 0.422. The van der Waals surface area contributed by atoms with Crippen molar-refractivity contribution in [3.63, 3.8) is 0 Å². The lowest BCUT2D eigenvalue weighted by Crippen LogP contribution is -2.57. The number of nitrogens with zero attached hydrogens (tertiary/aromatic N) is 2. The Bertz CT molecular complexity index is 836. The Balaban J connectivity index is 1.65. The lowest BCUT2D eigenvalue weighted by Gasteiger charge is -2.39. The summed E-state index contributed by atoms with van der Waals surface area (Å²) in [5, 5.41) is 47.7. The Labute approximate surface area is 178 Å². The zero-order chi connectivity index (χ0) is 21.5. The zero-order valence-corrected chi connectivity index (χ0v) is 16.9. The van der Waals surface area contributed by atoms with Gasteiger partial charge in [-0.05, 0) is 42.5 Å². The van der Waals surface area contributed by atoms with Gasteiger partial charge in [-0.2, -0.15) is 10.2 Å². The van der Waals surface area contributed by atoms with Crippen LogP contribution in [-0.4, -0.2) is 70.0 Å². The summed E-state index contributed by atoms with van der Waals surface area (Å²) in [7, 11) is 0. The van der Waals surface area contributed by atoms with Crippen molar-refractivity contribution in [3.05, 3.63) is 48.5 Å². The summed E-state index contributed by atoms with van der Waals surface area (Å²) in [4.78, 5) is 0.723. The molecule has 6 N–H and O–H groups in total.